The molecule has 1 heterocycles. The summed E-state index contributed by atoms with van der Waals surface area (Å²) in [5, 5.41) is 0.333. The van der Waals surface area contributed by atoms with Crippen molar-refractivity contribution < 1.29 is 0 Å². The highest BCUT2D eigenvalue weighted by molar-refractivity contribution is 6.35. The first-order valence-electron chi connectivity index (χ1n) is 2.53. The van der Waals surface area contributed by atoms with E-state index in [1.807, 2.05) is 0 Å². The smallest absolute Gasteiger partial charge is 0.260 e. The van der Waals surface area contributed by atoms with Gasteiger partial charge < -0.3 is 0 Å². The third-order valence-corrected chi connectivity index (χ3v) is 1.90. The molecular weight excluding hydrogens is 167 g/mol. The molecule has 0 atom stereocenters. The van der Waals surface area contributed by atoms with Gasteiger partial charge in [0.2, 0.25) is 5.28 Å². The molecule has 1 rings (SSSR count). The Kier molecular flexibility index (Phi) is 2.46. The predicted octanol–water partition coefficient (Wildman–Crippen LogP) is -2.96. The van der Waals surface area contributed by atoms with Crippen molar-refractivity contribution in [1.29, 1.82) is 0 Å². The molecule has 3 nitrogen and oxygen atoms in total. The van der Waals surface area contributed by atoms with Crippen LogP contribution in [0.1, 0.15) is 0 Å². The van der Waals surface area contributed by atoms with Gasteiger partial charge in [0.1, 0.15) is 0 Å². The van der Waals surface area contributed by atoms with Crippen LogP contribution in [0.4, 0.5) is 0 Å². The Morgan fingerprint density at radius 3 is 1.78 bits per heavy atom. The van der Waals surface area contributed by atoms with Crippen molar-refractivity contribution in [3.05, 3.63) is 5.28 Å². The Labute approximate surface area is 73.7 Å². The summed E-state index contributed by atoms with van der Waals surface area (Å²) < 4.78 is 1.67. The van der Waals surface area contributed by atoms with E-state index >= 15 is 0 Å². The van der Waals surface area contributed by atoms with Crippen LogP contribution in [0.2, 0.25) is 5.28 Å². The predicted molar refractivity (Wildman–Crippen MR) is 41.2 cm³/mol. The average Bonchev–Trinajstić information content (AvgIpc) is 1.59. The summed E-state index contributed by atoms with van der Waals surface area (Å²) in [6.07, 6.45) is 0. The van der Waals surface area contributed by atoms with Gasteiger partial charge in [-0.1, -0.05) is 0 Å². The van der Waals surface area contributed by atoms with E-state index in [2.05, 4.69) is 15.0 Å². The molecule has 0 aliphatic heterocycles. The van der Waals surface area contributed by atoms with Crippen LogP contribution in [-0.4, -0.2) is 47.5 Å². The highest BCUT2D eigenvalue weighted by Crippen LogP contribution is 1.88. The zero-order valence-electron chi connectivity index (χ0n) is 5.22. The molecule has 1 aromatic rings. The molecule has 0 aliphatic rings. The molecule has 0 bridgehead atoms. The van der Waals surface area contributed by atoms with E-state index in [0.29, 0.717) is 5.28 Å². The van der Waals surface area contributed by atoms with Gasteiger partial charge in [0, 0.05) is 9.37 Å². The average molecular weight is 172 g/mol. The van der Waals surface area contributed by atoms with Gasteiger partial charge >= 0.3 is 32.6 Å². The standard InChI is InChI=1S/C3ClN3.2Al.4H/c4-3-6-1-5-2-7-3;;;;;;. The third kappa shape index (κ3) is 2.22. The van der Waals surface area contributed by atoms with Gasteiger partial charge in [-0.15, -0.1) is 0 Å². The van der Waals surface area contributed by atoms with E-state index in [9.17, 15) is 0 Å². The van der Waals surface area contributed by atoms with Crippen molar-refractivity contribution in [3.8, 4) is 0 Å². The van der Waals surface area contributed by atoms with Crippen LogP contribution < -0.4 is 9.37 Å². The van der Waals surface area contributed by atoms with Crippen molar-refractivity contribution >= 4 is 53.6 Å². The monoisotopic (exact) mass is 171 g/mol. The minimum absolute atomic E-state index is 0.333. The SMILES string of the molecule is [AlH2][c]1n[c]([AlH2])nc(Cl)n1. The first-order valence-corrected chi connectivity index (χ1v) is 4.91. The van der Waals surface area contributed by atoms with Gasteiger partial charge in [0.05, 0.1) is 0 Å². The largest absolute Gasteiger partial charge is 0.321 e. The Balaban J connectivity index is 3.17. The first-order chi connectivity index (χ1) is 4.18. The molecule has 0 N–H and O–H groups in total. The lowest BCUT2D eigenvalue weighted by molar-refractivity contribution is 1.14. The molecule has 0 amide bonds. The lowest BCUT2D eigenvalue weighted by atomic mass is 11.1. The summed E-state index contributed by atoms with van der Waals surface area (Å²) in [6, 6.07) is 0. The fraction of sp³-hybridized carbons (Fsp3) is 0. The second-order valence-corrected chi connectivity index (χ2v) is 3.83. The maximum atomic E-state index is 5.53. The van der Waals surface area contributed by atoms with Gasteiger partial charge in [-0.3, -0.25) is 4.98 Å². The number of halogens is 1. The van der Waals surface area contributed by atoms with Crippen LogP contribution >= 0.6 is 11.6 Å². The maximum absolute atomic E-state index is 5.53. The molecule has 0 spiro atoms. The molecule has 0 aromatic carbocycles. The number of hydrogen-bond acceptors (Lipinski definition) is 3. The quantitative estimate of drug-likeness (QED) is 0.392. The molecule has 0 fully saturated rings. The molecule has 9 heavy (non-hydrogen) atoms. The Morgan fingerprint density at radius 1 is 1.00 bits per heavy atom. The molecule has 0 saturated heterocycles. The second kappa shape index (κ2) is 2.97. The van der Waals surface area contributed by atoms with E-state index < -0.39 is 0 Å². The van der Waals surface area contributed by atoms with Crippen LogP contribution in [0.5, 0.6) is 0 Å². The Bertz CT molecular complexity index is 178. The lowest BCUT2D eigenvalue weighted by Gasteiger charge is -1.94. The second-order valence-electron chi connectivity index (χ2n) is 1.70. The fourth-order valence-electron chi connectivity index (χ4n) is 0.576. The molecular formula is C3H4Al2ClN3. The summed E-state index contributed by atoms with van der Waals surface area (Å²) in [6.45, 7) is 0. The van der Waals surface area contributed by atoms with Crippen LogP contribution in [0.15, 0.2) is 0 Å². The van der Waals surface area contributed by atoms with Crippen LogP contribution in [0, 0.1) is 0 Å². The number of aromatic nitrogens is 3. The summed E-state index contributed by atoms with van der Waals surface area (Å²) >= 11 is 7.23. The number of nitrogens with zero attached hydrogens (tertiary/aromatic N) is 3. The maximum Gasteiger partial charge on any atom is 0.321 e. The fourth-order valence-corrected chi connectivity index (χ4v) is 2.62. The molecule has 0 unspecified atom stereocenters. The molecule has 0 radical (unpaired) electrons. The highest BCUT2D eigenvalue weighted by atomic mass is 35.5. The van der Waals surface area contributed by atoms with Crippen LogP contribution in [-0.2, 0) is 0 Å². The summed E-state index contributed by atoms with van der Waals surface area (Å²) in [5.74, 6) is 0. The van der Waals surface area contributed by atoms with Crippen molar-refractivity contribution in [2.75, 3.05) is 0 Å². The van der Waals surface area contributed by atoms with Crippen molar-refractivity contribution in [3.63, 3.8) is 0 Å². The van der Waals surface area contributed by atoms with Crippen molar-refractivity contribution in [2.45, 2.75) is 0 Å². The third-order valence-electron chi connectivity index (χ3n) is 0.832. The van der Waals surface area contributed by atoms with E-state index in [0.717, 1.165) is 42.0 Å². The van der Waals surface area contributed by atoms with E-state index in [1.54, 1.807) is 0 Å². The summed E-state index contributed by atoms with van der Waals surface area (Å²) in [4.78, 5) is 11.8. The first kappa shape index (κ1) is 7.47. The molecule has 6 heteroatoms. The summed E-state index contributed by atoms with van der Waals surface area (Å²) in [5.41, 5.74) is 0. The van der Waals surface area contributed by atoms with Gasteiger partial charge in [0.25, 0.3) is 0 Å². The number of rotatable bonds is 0. The zero-order valence-corrected chi connectivity index (χ0v) is 9.98. The number of hydrogen-bond donors (Lipinski definition) is 0. The topological polar surface area (TPSA) is 38.7 Å². The minimum Gasteiger partial charge on any atom is -0.260 e. The van der Waals surface area contributed by atoms with E-state index in [-0.39, 0.29) is 0 Å². The molecule has 1 aromatic heterocycles. The van der Waals surface area contributed by atoms with Crippen molar-refractivity contribution in [1.82, 2.24) is 15.0 Å². The van der Waals surface area contributed by atoms with Gasteiger partial charge in [-0.25, -0.2) is 9.97 Å². The molecule has 0 saturated carbocycles. The zero-order chi connectivity index (χ0) is 6.85. The van der Waals surface area contributed by atoms with Gasteiger partial charge in [-0.2, -0.15) is 0 Å². The Morgan fingerprint density at radius 2 is 1.44 bits per heavy atom. The van der Waals surface area contributed by atoms with Gasteiger partial charge in [0.15, 0.2) is 0 Å². The summed E-state index contributed by atoms with van der Waals surface area (Å²) in [7, 11) is 0. The molecule has 0 aliphatic carbocycles. The Hall–Kier alpha value is 0.365. The highest BCUT2D eigenvalue weighted by Gasteiger charge is 1.93. The lowest BCUT2D eigenvalue weighted by Crippen LogP contribution is -2.26. The normalized spacial score (nSPS) is 9.44. The van der Waals surface area contributed by atoms with Gasteiger partial charge in [-0.05, 0) is 11.6 Å². The minimum atomic E-state index is 0.333. The van der Waals surface area contributed by atoms with Crippen LogP contribution in [0.25, 0.3) is 0 Å². The van der Waals surface area contributed by atoms with E-state index in [1.165, 1.54) is 0 Å². The van der Waals surface area contributed by atoms with Crippen molar-refractivity contribution in [2.24, 2.45) is 0 Å². The molecule has 44 valence electrons. The van der Waals surface area contributed by atoms with Crippen LogP contribution in [0.3, 0.4) is 0 Å². The van der Waals surface area contributed by atoms with E-state index in [4.69, 9.17) is 11.6 Å².